The van der Waals surface area contributed by atoms with Crippen LogP contribution in [0, 0.1) is 0 Å². The van der Waals surface area contributed by atoms with Crippen molar-refractivity contribution in [3.63, 3.8) is 0 Å². The molecule has 0 saturated heterocycles. The molecule has 0 aromatic rings. The summed E-state index contributed by atoms with van der Waals surface area (Å²) in [7, 11) is 5.87. The van der Waals surface area contributed by atoms with E-state index < -0.39 is 24.3 Å². The maximum Gasteiger partial charge on any atom is 0.306 e. The summed E-state index contributed by atoms with van der Waals surface area (Å²) in [4.78, 5) is 36.3. The summed E-state index contributed by atoms with van der Waals surface area (Å²) in [5.41, 5.74) is 0. The highest BCUT2D eigenvalue weighted by molar-refractivity contribution is 5.70. The Hall–Kier alpha value is -2.23. The topological polar surface area (TPSA) is 111 Å². The van der Waals surface area contributed by atoms with E-state index in [0.29, 0.717) is 17.4 Å². The molecule has 0 aromatic heterocycles. The van der Waals surface area contributed by atoms with Crippen LogP contribution < -0.4 is 5.11 Å². The smallest absolute Gasteiger partial charge is 0.306 e. The average Bonchev–Trinajstić information content (AvgIpc) is 2.94. The zero-order valence-corrected chi connectivity index (χ0v) is 27.8. The van der Waals surface area contributed by atoms with Crippen LogP contribution in [0.3, 0.4) is 0 Å². The van der Waals surface area contributed by atoms with Crippen LogP contribution in [-0.2, 0) is 33.3 Å². The normalized spacial score (nSPS) is 13.4. The summed E-state index contributed by atoms with van der Waals surface area (Å²) in [5.74, 6) is -2.33. The third-order valence-corrected chi connectivity index (χ3v) is 6.68. The van der Waals surface area contributed by atoms with Crippen molar-refractivity contribution in [3.05, 3.63) is 24.3 Å². The molecule has 250 valence electrons. The number of allylic oxidation sites excluding steroid dienone is 4. The van der Waals surface area contributed by atoms with Crippen molar-refractivity contribution in [3.8, 4) is 0 Å². The predicted molar refractivity (Wildman–Crippen MR) is 168 cm³/mol. The quantitative estimate of drug-likeness (QED) is 0.0351. The standard InChI is InChI=1S/C34H61NO8/c1-6-8-10-12-13-14-15-16-17-18-19-21-23-25-32(37)43-30(28-41-31(36)24-22-20-11-9-7-2)29-42-34(33(38)39)40-27-26-35(3,4)5/h10,12,14-15,30,34H,6-9,11,13,16-29H2,1-5H3/b12-10-,15-14-. The summed E-state index contributed by atoms with van der Waals surface area (Å²) >= 11 is 0. The van der Waals surface area contributed by atoms with Crippen LogP contribution in [0.25, 0.3) is 0 Å². The van der Waals surface area contributed by atoms with Crippen molar-refractivity contribution in [2.75, 3.05) is 47.5 Å². The molecule has 0 amide bonds. The highest BCUT2D eigenvalue weighted by atomic mass is 16.7. The predicted octanol–water partition coefficient (Wildman–Crippen LogP) is 5.65. The molecule has 0 aliphatic heterocycles. The lowest BCUT2D eigenvalue weighted by molar-refractivity contribution is -0.870. The van der Waals surface area contributed by atoms with Gasteiger partial charge in [-0.25, -0.2) is 0 Å². The van der Waals surface area contributed by atoms with Crippen LogP contribution in [0.15, 0.2) is 24.3 Å². The van der Waals surface area contributed by atoms with Crippen molar-refractivity contribution in [1.29, 1.82) is 0 Å². The second-order valence-corrected chi connectivity index (χ2v) is 12.1. The number of unbranched alkanes of at least 4 members (excludes halogenated alkanes) is 10. The van der Waals surface area contributed by atoms with Crippen LogP contribution >= 0.6 is 0 Å². The van der Waals surface area contributed by atoms with Gasteiger partial charge in [0, 0.05) is 12.8 Å². The van der Waals surface area contributed by atoms with E-state index in [-0.39, 0.29) is 38.6 Å². The molecule has 0 aliphatic rings. The molecule has 0 aromatic carbocycles. The van der Waals surface area contributed by atoms with E-state index in [4.69, 9.17) is 18.9 Å². The Kier molecular flexibility index (Phi) is 25.9. The highest BCUT2D eigenvalue weighted by Crippen LogP contribution is 2.11. The van der Waals surface area contributed by atoms with E-state index in [1.54, 1.807) is 0 Å². The third-order valence-electron chi connectivity index (χ3n) is 6.68. The Morgan fingerprint density at radius 2 is 1.30 bits per heavy atom. The lowest BCUT2D eigenvalue weighted by Crippen LogP contribution is -2.44. The number of carboxylic acid groups (broad SMARTS) is 1. The Balaban J connectivity index is 4.58. The minimum Gasteiger partial charge on any atom is -0.545 e. The molecule has 43 heavy (non-hydrogen) atoms. The maximum absolute atomic E-state index is 12.5. The number of carboxylic acids is 1. The van der Waals surface area contributed by atoms with Crippen molar-refractivity contribution in [2.24, 2.45) is 0 Å². The summed E-state index contributed by atoms with van der Waals surface area (Å²) in [6, 6.07) is 0. The molecule has 2 atom stereocenters. The first-order valence-corrected chi connectivity index (χ1v) is 16.5. The Labute approximate surface area is 261 Å². The van der Waals surface area contributed by atoms with Gasteiger partial charge in [0.1, 0.15) is 13.2 Å². The van der Waals surface area contributed by atoms with Gasteiger partial charge < -0.3 is 33.3 Å². The summed E-state index contributed by atoms with van der Waals surface area (Å²) in [5, 5.41) is 11.5. The second kappa shape index (κ2) is 27.3. The van der Waals surface area contributed by atoms with Crippen molar-refractivity contribution in [2.45, 2.75) is 129 Å². The molecule has 2 unspecified atom stereocenters. The Morgan fingerprint density at radius 1 is 0.698 bits per heavy atom. The van der Waals surface area contributed by atoms with Crippen molar-refractivity contribution >= 4 is 17.9 Å². The SMILES string of the molecule is CCC/C=C\C/C=C\CCCCCCCC(=O)OC(COC(=O)CCCCCCC)COC(OCC[N+](C)(C)C)C(=O)[O-]. The van der Waals surface area contributed by atoms with Gasteiger partial charge in [0.2, 0.25) is 0 Å². The van der Waals surface area contributed by atoms with Crippen molar-refractivity contribution < 1.29 is 42.9 Å². The van der Waals surface area contributed by atoms with E-state index in [1.165, 1.54) is 6.42 Å². The first-order valence-electron chi connectivity index (χ1n) is 16.5. The Morgan fingerprint density at radius 3 is 1.93 bits per heavy atom. The number of likely N-dealkylation sites (N-methyl/N-ethyl adjacent to an activating group) is 1. The molecule has 0 saturated carbocycles. The molecular formula is C34H61NO8. The van der Waals surface area contributed by atoms with E-state index in [0.717, 1.165) is 77.0 Å². The number of nitrogens with zero attached hydrogens (tertiary/aromatic N) is 1. The van der Waals surface area contributed by atoms with Gasteiger partial charge in [-0.3, -0.25) is 9.59 Å². The maximum atomic E-state index is 12.5. The van der Waals surface area contributed by atoms with Gasteiger partial charge in [0.05, 0.1) is 40.3 Å². The van der Waals surface area contributed by atoms with Gasteiger partial charge in [-0.05, 0) is 38.5 Å². The number of rotatable bonds is 29. The number of carbonyl (C=O) groups excluding carboxylic acids is 3. The molecule has 0 radical (unpaired) electrons. The molecule has 0 heterocycles. The number of esters is 2. The fraction of sp³-hybridized carbons (Fsp3) is 0.794. The number of carbonyl (C=O) groups is 3. The van der Waals surface area contributed by atoms with Gasteiger partial charge >= 0.3 is 11.9 Å². The van der Waals surface area contributed by atoms with Crippen LogP contribution in [0.2, 0.25) is 0 Å². The largest absolute Gasteiger partial charge is 0.545 e. The monoisotopic (exact) mass is 611 g/mol. The zero-order chi connectivity index (χ0) is 32.2. The first kappa shape index (κ1) is 40.8. The molecule has 0 bridgehead atoms. The Bertz CT molecular complexity index is 775. The fourth-order valence-electron chi connectivity index (χ4n) is 4.04. The van der Waals surface area contributed by atoms with E-state index >= 15 is 0 Å². The second-order valence-electron chi connectivity index (χ2n) is 12.1. The van der Waals surface area contributed by atoms with Gasteiger partial charge in [0.15, 0.2) is 12.4 Å². The molecule has 9 nitrogen and oxygen atoms in total. The minimum absolute atomic E-state index is 0.145. The summed E-state index contributed by atoms with van der Waals surface area (Å²) in [6.45, 7) is 4.52. The average molecular weight is 612 g/mol. The van der Waals surface area contributed by atoms with Crippen LogP contribution in [0.1, 0.15) is 117 Å². The third kappa shape index (κ3) is 28.3. The van der Waals surface area contributed by atoms with E-state index in [9.17, 15) is 19.5 Å². The molecule has 0 rings (SSSR count). The van der Waals surface area contributed by atoms with Gasteiger partial charge in [-0.15, -0.1) is 0 Å². The minimum atomic E-state index is -1.62. The number of hydrogen-bond acceptors (Lipinski definition) is 8. The lowest BCUT2D eigenvalue weighted by atomic mass is 10.1. The molecule has 0 aliphatic carbocycles. The summed E-state index contributed by atoms with van der Waals surface area (Å²) < 4.78 is 22.2. The number of quaternary nitrogens is 1. The fourth-order valence-corrected chi connectivity index (χ4v) is 4.04. The summed E-state index contributed by atoms with van der Waals surface area (Å²) in [6.07, 6.45) is 21.1. The van der Waals surface area contributed by atoms with E-state index in [2.05, 4.69) is 38.2 Å². The number of ether oxygens (including phenoxy) is 4. The van der Waals surface area contributed by atoms with Crippen LogP contribution in [0.4, 0.5) is 0 Å². The molecule has 9 heteroatoms. The van der Waals surface area contributed by atoms with Crippen LogP contribution in [0.5, 0.6) is 0 Å². The van der Waals surface area contributed by atoms with Gasteiger partial charge in [-0.1, -0.05) is 89.5 Å². The van der Waals surface area contributed by atoms with Crippen LogP contribution in [-0.4, -0.2) is 82.3 Å². The van der Waals surface area contributed by atoms with Crippen molar-refractivity contribution in [1.82, 2.24) is 0 Å². The molecule has 0 N–H and O–H groups in total. The van der Waals surface area contributed by atoms with E-state index in [1.807, 2.05) is 21.1 Å². The molecule has 0 spiro atoms. The number of aliphatic carboxylic acids is 1. The molecule has 0 fully saturated rings. The van der Waals surface area contributed by atoms with Gasteiger partial charge in [-0.2, -0.15) is 0 Å². The number of hydrogen-bond donors (Lipinski definition) is 0. The highest BCUT2D eigenvalue weighted by Gasteiger charge is 2.21. The molecular weight excluding hydrogens is 550 g/mol. The zero-order valence-electron chi connectivity index (χ0n) is 27.8. The lowest BCUT2D eigenvalue weighted by Gasteiger charge is -2.26. The van der Waals surface area contributed by atoms with Gasteiger partial charge in [0.25, 0.3) is 0 Å². The first-order chi connectivity index (χ1) is 20.6.